The summed E-state index contributed by atoms with van der Waals surface area (Å²) >= 11 is 0. The Kier molecular flexibility index (Phi) is 10.4. The first-order valence-electron chi connectivity index (χ1n) is 6.84. The van der Waals surface area contributed by atoms with Gasteiger partial charge in [-0.05, 0) is 18.8 Å². The van der Waals surface area contributed by atoms with Crippen LogP contribution in [-0.4, -0.2) is 11.2 Å². The molecule has 0 aliphatic rings. The summed E-state index contributed by atoms with van der Waals surface area (Å²) in [5, 5.41) is 9.36. The summed E-state index contributed by atoms with van der Waals surface area (Å²) < 4.78 is 0. The van der Waals surface area contributed by atoms with Gasteiger partial charge in [0.05, 0.1) is 6.10 Å². The van der Waals surface area contributed by atoms with Gasteiger partial charge in [-0.25, -0.2) is 0 Å². The van der Waals surface area contributed by atoms with Crippen molar-refractivity contribution in [1.82, 2.24) is 0 Å². The van der Waals surface area contributed by atoms with E-state index in [9.17, 15) is 5.11 Å². The normalized spacial score (nSPS) is 13.4. The molecule has 92 valence electrons. The number of aliphatic hydroxyl groups is 1. The number of rotatable bonds is 10. The van der Waals surface area contributed by atoms with E-state index in [-0.39, 0.29) is 6.10 Å². The highest BCUT2D eigenvalue weighted by Gasteiger charge is 1.99. The average Bonchev–Trinajstić information content (AvgIpc) is 2.21. The van der Waals surface area contributed by atoms with E-state index in [4.69, 9.17) is 0 Å². The predicted molar refractivity (Wildman–Crippen MR) is 68.1 cm³/mol. The van der Waals surface area contributed by atoms with Crippen LogP contribution in [0.2, 0.25) is 0 Å². The van der Waals surface area contributed by atoms with Crippen LogP contribution in [0.4, 0.5) is 0 Å². The van der Waals surface area contributed by atoms with Crippen molar-refractivity contribution in [3.63, 3.8) is 0 Å². The van der Waals surface area contributed by atoms with Crippen LogP contribution in [0.15, 0.2) is 0 Å². The molecule has 15 heavy (non-hydrogen) atoms. The van der Waals surface area contributed by atoms with Crippen molar-refractivity contribution < 1.29 is 5.11 Å². The molecule has 0 radical (unpaired) electrons. The molecule has 0 spiro atoms. The first-order valence-corrected chi connectivity index (χ1v) is 6.84. The molecule has 0 fully saturated rings. The van der Waals surface area contributed by atoms with E-state index in [1.54, 1.807) is 0 Å². The van der Waals surface area contributed by atoms with Crippen LogP contribution in [0.25, 0.3) is 0 Å². The van der Waals surface area contributed by atoms with Crippen LogP contribution in [0.5, 0.6) is 0 Å². The number of aliphatic hydroxyl groups excluding tert-OH is 1. The van der Waals surface area contributed by atoms with Gasteiger partial charge in [0.15, 0.2) is 0 Å². The standard InChI is InChI=1S/C14H30O/c1-4-14(15)12-10-8-6-5-7-9-11-13(2)3/h13-15H,4-12H2,1-3H3. The van der Waals surface area contributed by atoms with E-state index in [1.165, 1.54) is 44.9 Å². The van der Waals surface area contributed by atoms with Crippen LogP contribution in [0, 0.1) is 5.92 Å². The molecule has 0 aliphatic carbocycles. The molecular weight excluding hydrogens is 184 g/mol. The van der Waals surface area contributed by atoms with E-state index < -0.39 is 0 Å². The van der Waals surface area contributed by atoms with E-state index >= 15 is 0 Å². The van der Waals surface area contributed by atoms with E-state index in [0.29, 0.717) is 0 Å². The first-order chi connectivity index (χ1) is 7.16. The second kappa shape index (κ2) is 10.5. The number of hydrogen-bond acceptors (Lipinski definition) is 1. The maximum atomic E-state index is 9.36. The van der Waals surface area contributed by atoms with Crippen molar-refractivity contribution in [2.45, 2.75) is 84.7 Å². The van der Waals surface area contributed by atoms with Crippen molar-refractivity contribution in [2.24, 2.45) is 5.92 Å². The Morgan fingerprint density at radius 1 is 0.800 bits per heavy atom. The van der Waals surface area contributed by atoms with Crippen LogP contribution >= 0.6 is 0 Å². The minimum atomic E-state index is -0.0501. The number of unbranched alkanes of at least 4 members (excludes halogenated alkanes) is 5. The highest BCUT2D eigenvalue weighted by molar-refractivity contribution is 4.53. The fourth-order valence-electron chi connectivity index (χ4n) is 1.84. The summed E-state index contributed by atoms with van der Waals surface area (Å²) in [6.07, 6.45) is 11.3. The molecule has 0 saturated carbocycles. The van der Waals surface area contributed by atoms with E-state index in [1.807, 2.05) is 0 Å². The van der Waals surface area contributed by atoms with E-state index in [2.05, 4.69) is 20.8 Å². The Balaban J connectivity index is 2.99. The van der Waals surface area contributed by atoms with Gasteiger partial charge in [0.25, 0.3) is 0 Å². The fourth-order valence-corrected chi connectivity index (χ4v) is 1.84. The largest absolute Gasteiger partial charge is 0.393 e. The summed E-state index contributed by atoms with van der Waals surface area (Å²) in [5.74, 6) is 0.865. The third-order valence-electron chi connectivity index (χ3n) is 3.04. The third-order valence-corrected chi connectivity index (χ3v) is 3.04. The topological polar surface area (TPSA) is 20.2 Å². The molecule has 0 amide bonds. The molecule has 1 unspecified atom stereocenters. The van der Waals surface area contributed by atoms with Gasteiger partial charge in [0.1, 0.15) is 0 Å². The molecule has 0 aliphatic heterocycles. The van der Waals surface area contributed by atoms with Crippen LogP contribution in [-0.2, 0) is 0 Å². The molecule has 0 saturated heterocycles. The molecule has 0 heterocycles. The quantitative estimate of drug-likeness (QED) is 0.530. The Morgan fingerprint density at radius 2 is 1.27 bits per heavy atom. The highest BCUT2D eigenvalue weighted by Crippen LogP contribution is 2.12. The third kappa shape index (κ3) is 11.9. The van der Waals surface area contributed by atoms with Crippen LogP contribution in [0.3, 0.4) is 0 Å². The van der Waals surface area contributed by atoms with Gasteiger partial charge in [-0.1, -0.05) is 65.7 Å². The van der Waals surface area contributed by atoms with Gasteiger partial charge in [-0.2, -0.15) is 0 Å². The fraction of sp³-hybridized carbons (Fsp3) is 1.00. The van der Waals surface area contributed by atoms with Crippen molar-refractivity contribution >= 4 is 0 Å². The Hall–Kier alpha value is -0.0400. The van der Waals surface area contributed by atoms with Crippen molar-refractivity contribution in [3.05, 3.63) is 0 Å². The minimum Gasteiger partial charge on any atom is -0.393 e. The van der Waals surface area contributed by atoms with Crippen molar-refractivity contribution in [2.75, 3.05) is 0 Å². The summed E-state index contributed by atoms with van der Waals surface area (Å²) in [6, 6.07) is 0. The maximum absolute atomic E-state index is 9.36. The summed E-state index contributed by atoms with van der Waals surface area (Å²) in [6.45, 7) is 6.65. The van der Waals surface area contributed by atoms with Gasteiger partial charge >= 0.3 is 0 Å². The Morgan fingerprint density at radius 3 is 1.73 bits per heavy atom. The summed E-state index contributed by atoms with van der Waals surface area (Å²) in [7, 11) is 0. The predicted octanol–water partition coefficient (Wildman–Crippen LogP) is 4.53. The second-order valence-electron chi connectivity index (χ2n) is 5.15. The van der Waals surface area contributed by atoms with Gasteiger partial charge in [0.2, 0.25) is 0 Å². The van der Waals surface area contributed by atoms with E-state index in [0.717, 1.165) is 18.8 Å². The van der Waals surface area contributed by atoms with Gasteiger partial charge < -0.3 is 5.11 Å². The zero-order chi connectivity index (χ0) is 11.5. The van der Waals surface area contributed by atoms with Gasteiger partial charge in [-0.3, -0.25) is 0 Å². The lowest BCUT2D eigenvalue weighted by Gasteiger charge is -2.07. The molecule has 1 heteroatoms. The Labute approximate surface area is 96.3 Å². The lowest BCUT2D eigenvalue weighted by molar-refractivity contribution is 0.156. The minimum absolute atomic E-state index is 0.0501. The van der Waals surface area contributed by atoms with Crippen molar-refractivity contribution in [3.8, 4) is 0 Å². The molecule has 0 aromatic heterocycles. The lowest BCUT2D eigenvalue weighted by Crippen LogP contribution is -2.03. The van der Waals surface area contributed by atoms with Crippen LogP contribution in [0.1, 0.15) is 78.6 Å². The van der Waals surface area contributed by atoms with Gasteiger partial charge in [0, 0.05) is 0 Å². The summed E-state index contributed by atoms with van der Waals surface area (Å²) in [4.78, 5) is 0. The molecular formula is C14H30O. The molecule has 0 aromatic carbocycles. The van der Waals surface area contributed by atoms with Gasteiger partial charge in [-0.15, -0.1) is 0 Å². The molecule has 0 rings (SSSR count). The average molecular weight is 214 g/mol. The highest BCUT2D eigenvalue weighted by atomic mass is 16.3. The molecule has 1 N–H and O–H groups in total. The zero-order valence-electron chi connectivity index (χ0n) is 11.0. The first kappa shape index (κ1) is 15.0. The molecule has 1 nitrogen and oxygen atoms in total. The summed E-state index contributed by atoms with van der Waals surface area (Å²) in [5.41, 5.74) is 0. The lowest BCUT2D eigenvalue weighted by atomic mass is 10.0. The Bertz CT molecular complexity index is 121. The second-order valence-corrected chi connectivity index (χ2v) is 5.15. The molecule has 0 aromatic rings. The molecule has 1 atom stereocenters. The smallest absolute Gasteiger partial charge is 0.0537 e. The van der Waals surface area contributed by atoms with Crippen molar-refractivity contribution in [1.29, 1.82) is 0 Å². The maximum Gasteiger partial charge on any atom is 0.0537 e. The molecule has 0 bridgehead atoms. The van der Waals surface area contributed by atoms with Crippen LogP contribution < -0.4 is 0 Å². The monoisotopic (exact) mass is 214 g/mol. The number of hydrogen-bond donors (Lipinski definition) is 1. The zero-order valence-corrected chi connectivity index (χ0v) is 11.0. The SMILES string of the molecule is CCC(O)CCCCCCCCC(C)C.